The SMILES string of the molecule is COc1ccc(NC(=O)c2cc3sc(N(C)C(C)C)nc3s2)cc1. The quantitative estimate of drug-likeness (QED) is 0.729. The van der Waals surface area contributed by atoms with Crippen LogP contribution in [-0.4, -0.2) is 31.1 Å². The summed E-state index contributed by atoms with van der Waals surface area (Å²) in [7, 11) is 3.65. The molecule has 1 N–H and O–H groups in total. The van der Waals surface area contributed by atoms with Crippen molar-refractivity contribution < 1.29 is 9.53 Å². The lowest BCUT2D eigenvalue weighted by Gasteiger charge is -2.19. The first-order valence-corrected chi connectivity index (χ1v) is 9.20. The minimum Gasteiger partial charge on any atom is -0.497 e. The van der Waals surface area contributed by atoms with Gasteiger partial charge in [0.15, 0.2) is 5.13 Å². The zero-order chi connectivity index (χ0) is 17.3. The highest BCUT2D eigenvalue weighted by Crippen LogP contribution is 2.35. The first-order valence-electron chi connectivity index (χ1n) is 7.56. The number of thiophene rings is 1. The van der Waals surface area contributed by atoms with Crippen LogP contribution in [0.3, 0.4) is 0 Å². The number of hydrogen-bond acceptors (Lipinski definition) is 6. The van der Waals surface area contributed by atoms with Gasteiger partial charge in [-0.2, -0.15) is 0 Å². The molecular weight excluding hydrogens is 342 g/mol. The topological polar surface area (TPSA) is 54.5 Å². The lowest BCUT2D eigenvalue weighted by molar-refractivity contribution is 0.103. The van der Waals surface area contributed by atoms with E-state index in [0.717, 1.165) is 26.1 Å². The normalized spacial score (nSPS) is 11.0. The standard InChI is InChI=1S/C17H19N3O2S2/c1-10(2)20(3)17-19-16-14(24-17)9-13(23-16)15(21)18-11-5-7-12(22-4)8-6-11/h5-10H,1-4H3,(H,18,21). The van der Waals surface area contributed by atoms with Crippen LogP contribution in [0, 0.1) is 0 Å². The lowest BCUT2D eigenvalue weighted by Crippen LogP contribution is -2.25. The van der Waals surface area contributed by atoms with Gasteiger partial charge in [-0.15, -0.1) is 11.3 Å². The summed E-state index contributed by atoms with van der Waals surface area (Å²) in [5, 5.41) is 3.88. The van der Waals surface area contributed by atoms with Crippen LogP contribution in [0.15, 0.2) is 30.3 Å². The first-order chi connectivity index (χ1) is 11.5. The number of aromatic nitrogens is 1. The van der Waals surface area contributed by atoms with E-state index in [9.17, 15) is 4.79 Å². The van der Waals surface area contributed by atoms with Crippen molar-refractivity contribution in [2.75, 3.05) is 24.4 Å². The number of methoxy groups -OCH3 is 1. The molecule has 0 fully saturated rings. The van der Waals surface area contributed by atoms with E-state index in [-0.39, 0.29) is 5.91 Å². The predicted octanol–water partition coefficient (Wildman–Crippen LogP) is 4.46. The van der Waals surface area contributed by atoms with Crippen molar-refractivity contribution in [1.82, 2.24) is 4.98 Å². The highest BCUT2D eigenvalue weighted by molar-refractivity contribution is 7.29. The molecule has 0 aliphatic carbocycles. The van der Waals surface area contributed by atoms with E-state index in [1.54, 1.807) is 18.4 Å². The van der Waals surface area contributed by atoms with Gasteiger partial charge >= 0.3 is 0 Å². The molecule has 0 spiro atoms. The van der Waals surface area contributed by atoms with Gasteiger partial charge in [0.05, 0.1) is 16.7 Å². The Bertz CT molecular complexity index is 821. The van der Waals surface area contributed by atoms with Crippen LogP contribution in [-0.2, 0) is 0 Å². The van der Waals surface area contributed by atoms with Gasteiger partial charge in [-0.25, -0.2) is 4.98 Å². The number of anilines is 2. The maximum atomic E-state index is 12.4. The van der Waals surface area contributed by atoms with Crippen LogP contribution in [0.2, 0.25) is 0 Å². The molecule has 0 bridgehead atoms. The molecule has 0 aliphatic heterocycles. The average molecular weight is 361 g/mol. The zero-order valence-electron chi connectivity index (χ0n) is 14.0. The number of benzene rings is 1. The number of hydrogen-bond donors (Lipinski definition) is 1. The molecule has 0 saturated heterocycles. The average Bonchev–Trinajstić information content (AvgIpc) is 3.13. The molecule has 0 atom stereocenters. The summed E-state index contributed by atoms with van der Waals surface area (Å²) in [5.41, 5.74) is 0.741. The molecule has 1 amide bonds. The van der Waals surface area contributed by atoms with Gasteiger partial charge in [0.25, 0.3) is 5.91 Å². The minimum atomic E-state index is -0.117. The smallest absolute Gasteiger partial charge is 0.265 e. The summed E-state index contributed by atoms with van der Waals surface area (Å²) in [4.78, 5) is 20.7. The van der Waals surface area contributed by atoms with E-state index in [1.807, 2.05) is 37.4 Å². The van der Waals surface area contributed by atoms with Crippen LogP contribution in [0.1, 0.15) is 23.5 Å². The fourth-order valence-corrected chi connectivity index (χ4v) is 4.28. The summed E-state index contributed by atoms with van der Waals surface area (Å²) in [6.45, 7) is 4.26. The Balaban J connectivity index is 1.76. The van der Waals surface area contributed by atoms with Gasteiger partial charge in [0.1, 0.15) is 10.6 Å². The molecule has 3 rings (SSSR count). The summed E-state index contributed by atoms with van der Waals surface area (Å²) in [5.74, 6) is 0.643. The van der Waals surface area contributed by atoms with E-state index in [4.69, 9.17) is 4.74 Å². The number of nitrogens with one attached hydrogen (secondary N) is 1. The monoisotopic (exact) mass is 361 g/mol. The van der Waals surface area contributed by atoms with Gasteiger partial charge in [-0.05, 0) is 44.2 Å². The van der Waals surface area contributed by atoms with E-state index in [1.165, 1.54) is 11.3 Å². The molecule has 2 heterocycles. The van der Waals surface area contributed by atoms with E-state index in [0.29, 0.717) is 10.9 Å². The first kappa shape index (κ1) is 16.7. The number of amides is 1. The van der Waals surface area contributed by atoms with E-state index < -0.39 is 0 Å². The van der Waals surface area contributed by atoms with Crippen molar-refractivity contribution >= 4 is 48.9 Å². The summed E-state index contributed by atoms with van der Waals surface area (Å²) < 4.78 is 6.16. The highest BCUT2D eigenvalue weighted by Gasteiger charge is 2.16. The van der Waals surface area contributed by atoms with Gasteiger partial charge in [0.2, 0.25) is 0 Å². The van der Waals surface area contributed by atoms with E-state index in [2.05, 4.69) is 29.0 Å². The number of rotatable bonds is 5. The predicted molar refractivity (Wildman–Crippen MR) is 102 cm³/mol. The molecule has 2 aromatic heterocycles. The van der Waals surface area contributed by atoms with Crippen LogP contribution < -0.4 is 15.0 Å². The third-order valence-corrected chi connectivity index (χ3v) is 5.98. The van der Waals surface area contributed by atoms with Crippen LogP contribution in [0.25, 0.3) is 9.53 Å². The molecule has 1 aromatic carbocycles. The van der Waals surface area contributed by atoms with Crippen molar-refractivity contribution in [3.63, 3.8) is 0 Å². The summed E-state index contributed by atoms with van der Waals surface area (Å²) >= 11 is 3.03. The molecule has 0 radical (unpaired) electrons. The largest absolute Gasteiger partial charge is 0.497 e. The molecule has 3 aromatic rings. The molecular formula is C17H19N3O2S2. The lowest BCUT2D eigenvalue weighted by atomic mass is 10.3. The Labute approximate surface area is 148 Å². The second kappa shape index (κ2) is 6.78. The Kier molecular flexibility index (Phi) is 4.73. The van der Waals surface area contributed by atoms with Gasteiger partial charge in [-0.3, -0.25) is 4.79 Å². The number of fused-ring (bicyclic) bond motifs is 1. The maximum absolute atomic E-state index is 12.4. The number of carbonyl (C=O) groups is 1. The Hall–Kier alpha value is -2.12. The number of ether oxygens (including phenoxy) is 1. The molecule has 24 heavy (non-hydrogen) atoms. The molecule has 0 saturated carbocycles. The van der Waals surface area contributed by atoms with Gasteiger partial charge < -0.3 is 15.0 Å². The Morgan fingerprint density at radius 1 is 1.25 bits per heavy atom. The molecule has 7 heteroatoms. The number of nitrogens with zero attached hydrogens (tertiary/aromatic N) is 2. The van der Waals surface area contributed by atoms with Crippen molar-refractivity contribution in [3.05, 3.63) is 35.2 Å². The summed E-state index contributed by atoms with van der Waals surface area (Å²) in [6.07, 6.45) is 0. The third kappa shape index (κ3) is 3.37. The fourth-order valence-electron chi connectivity index (χ4n) is 2.07. The molecule has 126 valence electrons. The molecule has 5 nitrogen and oxygen atoms in total. The van der Waals surface area contributed by atoms with Crippen molar-refractivity contribution in [3.8, 4) is 5.75 Å². The zero-order valence-corrected chi connectivity index (χ0v) is 15.6. The molecule has 0 unspecified atom stereocenters. The van der Waals surface area contributed by atoms with E-state index >= 15 is 0 Å². The van der Waals surface area contributed by atoms with Crippen LogP contribution in [0.5, 0.6) is 5.75 Å². The second-order valence-corrected chi connectivity index (χ2v) is 7.70. The van der Waals surface area contributed by atoms with Gasteiger partial charge in [0, 0.05) is 18.8 Å². The van der Waals surface area contributed by atoms with Gasteiger partial charge in [-0.1, -0.05) is 11.3 Å². The van der Waals surface area contributed by atoms with Crippen molar-refractivity contribution in [2.24, 2.45) is 0 Å². The highest BCUT2D eigenvalue weighted by atomic mass is 32.1. The number of thiazole rings is 1. The van der Waals surface area contributed by atoms with Crippen LogP contribution >= 0.6 is 22.7 Å². The maximum Gasteiger partial charge on any atom is 0.265 e. The summed E-state index contributed by atoms with van der Waals surface area (Å²) in [6, 6.07) is 9.58. The number of carbonyl (C=O) groups excluding carboxylic acids is 1. The third-order valence-electron chi connectivity index (χ3n) is 3.73. The van der Waals surface area contributed by atoms with Crippen LogP contribution in [0.4, 0.5) is 10.8 Å². The molecule has 0 aliphatic rings. The fraction of sp³-hybridized carbons (Fsp3) is 0.294. The Morgan fingerprint density at radius 3 is 2.54 bits per heavy atom. The van der Waals surface area contributed by atoms with Crippen molar-refractivity contribution in [2.45, 2.75) is 19.9 Å². The minimum absolute atomic E-state index is 0.117. The van der Waals surface area contributed by atoms with Crippen molar-refractivity contribution in [1.29, 1.82) is 0 Å². The Morgan fingerprint density at radius 2 is 1.96 bits per heavy atom. The second-order valence-electron chi connectivity index (χ2n) is 5.66.